The van der Waals surface area contributed by atoms with E-state index in [4.69, 9.17) is 5.73 Å². The minimum Gasteiger partial charge on any atom is -0.465 e. The average Bonchev–Trinajstić information content (AvgIpc) is 3.29. The SMILES string of the molecule is Nc1nccc(-c2c(-c3ccc(F)cc3)ncn2C2CCN(C(=O)O)C2)n1. The number of halogens is 1. The van der Waals surface area contributed by atoms with E-state index in [1.807, 2.05) is 4.57 Å². The van der Waals surface area contributed by atoms with E-state index in [1.165, 1.54) is 17.0 Å². The Hall–Kier alpha value is -3.49. The van der Waals surface area contributed by atoms with Crippen molar-refractivity contribution in [2.45, 2.75) is 12.5 Å². The van der Waals surface area contributed by atoms with Gasteiger partial charge in [-0.2, -0.15) is 0 Å². The summed E-state index contributed by atoms with van der Waals surface area (Å²) in [5, 5.41) is 9.24. The number of anilines is 1. The van der Waals surface area contributed by atoms with E-state index in [0.717, 1.165) is 5.56 Å². The van der Waals surface area contributed by atoms with Gasteiger partial charge in [0.15, 0.2) is 0 Å². The molecule has 1 atom stereocenters. The van der Waals surface area contributed by atoms with Crippen molar-refractivity contribution in [2.24, 2.45) is 0 Å². The summed E-state index contributed by atoms with van der Waals surface area (Å²) in [6.07, 6.45) is 2.95. The molecular weight excluding hydrogens is 351 g/mol. The van der Waals surface area contributed by atoms with E-state index < -0.39 is 6.09 Å². The van der Waals surface area contributed by atoms with Gasteiger partial charge in [0.1, 0.15) is 5.82 Å². The fourth-order valence-corrected chi connectivity index (χ4v) is 3.36. The zero-order valence-corrected chi connectivity index (χ0v) is 14.3. The van der Waals surface area contributed by atoms with Crippen LogP contribution in [0.4, 0.5) is 15.1 Å². The summed E-state index contributed by atoms with van der Waals surface area (Å²) in [7, 11) is 0. The first-order chi connectivity index (χ1) is 13.0. The van der Waals surface area contributed by atoms with Gasteiger partial charge in [0.2, 0.25) is 5.95 Å². The van der Waals surface area contributed by atoms with Gasteiger partial charge in [-0.05, 0) is 36.8 Å². The minimum absolute atomic E-state index is 0.0750. The van der Waals surface area contributed by atoms with Gasteiger partial charge in [-0.25, -0.2) is 24.1 Å². The summed E-state index contributed by atoms with van der Waals surface area (Å²) in [5.74, 6) is -0.206. The van der Waals surface area contributed by atoms with E-state index in [0.29, 0.717) is 36.6 Å². The van der Waals surface area contributed by atoms with Gasteiger partial charge in [-0.1, -0.05) is 0 Å². The lowest BCUT2D eigenvalue weighted by Gasteiger charge is -2.17. The van der Waals surface area contributed by atoms with Crippen molar-refractivity contribution in [2.75, 3.05) is 18.8 Å². The number of benzene rings is 1. The summed E-state index contributed by atoms with van der Waals surface area (Å²) in [6.45, 7) is 0.817. The number of carbonyl (C=O) groups is 1. The number of rotatable bonds is 3. The number of carboxylic acid groups (broad SMARTS) is 1. The molecule has 1 amide bonds. The van der Waals surface area contributed by atoms with Crippen LogP contribution in [0.3, 0.4) is 0 Å². The van der Waals surface area contributed by atoms with Crippen LogP contribution in [-0.4, -0.2) is 48.7 Å². The Labute approximate surface area is 154 Å². The molecule has 0 bridgehead atoms. The summed E-state index contributed by atoms with van der Waals surface area (Å²) in [6, 6.07) is 7.68. The molecule has 1 fully saturated rings. The molecule has 0 saturated carbocycles. The van der Waals surface area contributed by atoms with Gasteiger partial charge < -0.3 is 20.3 Å². The van der Waals surface area contributed by atoms with Crippen LogP contribution in [0, 0.1) is 5.82 Å². The normalized spacial score (nSPS) is 16.6. The molecule has 3 heterocycles. The summed E-state index contributed by atoms with van der Waals surface area (Å²) in [4.78, 5) is 25.4. The Morgan fingerprint density at radius 3 is 2.67 bits per heavy atom. The number of likely N-dealkylation sites (tertiary alicyclic amines) is 1. The standard InChI is InChI=1S/C18H17FN6O2/c19-12-3-1-11(2-4-12)15-16(14-5-7-21-17(20)23-14)25(10-22-15)13-6-8-24(9-13)18(26)27/h1-5,7,10,13H,6,8-9H2,(H,26,27)(H2,20,21,23). The Kier molecular flexibility index (Phi) is 4.19. The molecule has 1 unspecified atom stereocenters. The van der Waals surface area contributed by atoms with E-state index in [1.54, 1.807) is 30.7 Å². The van der Waals surface area contributed by atoms with Crippen molar-refractivity contribution in [1.29, 1.82) is 0 Å². The maximum Gasteiger partial charge on any atom is 0.407 e. The molecule has 9 heteroatoms. The highest BCUT2D eigenvalue weighted by atomic mass is 19.1. The fourth-order valence-electron chi connectivity index (χ4n) is 3.36. The highest BCUT2D eigenvalue weighted by molar-refractivity contribution is 5.77. The maximum atomic E-state index is 13.3. The number of hydrogen-bond acceptors (Lipinski definition) is 5. The number of nitrogen functional groups attached to an aromatic ring is 1. The number of amides is 1. The molecule has 1 aliphatic rings. The van der Waals surface area contributed by atoms with E-state index in [2.05, 4.69) is 15.0 Å². The molecule has 8 nitrogen and oxygen atoms in total. The Morgan fingerprint density at radius 2 is 2.00 bits per heavy atom. The van der Waals surface area contributed by atoms with Gasteiger partial charge in [0.25, 0.3) is 0 Å². The lowest BCUT2D eigenvalue weighted by Crippen LogP contribution is -2.27. The Bertz CT molecular complexity index is 988. The Morgan fingerprint density at radius 1 is 1.22 bits per heavy atom. The highest BCUT2D eigenvalue weighted by Gasteiger charge is 2.30. The van der Waals surface area contributed by atoms with Crippen LogP contribution in [0.1, 0.15) is 12.5 Å². The van der Waals surface area contributed by atoms with Crippen LogP contribution in [0.15, 0.2) is 42.9 Å². The topological polar surface area (TPSA) is 110 Å². The first-order valence-electron chi connectivity index (χ1n) is 8.42. The molecule has 0 aliphatic carbocycles. The second-order valence-corrected chi connectivity index (χ2v) is 6.33. The lowest BCUT2D eigenvalue weighted by molar-refractivity contribution is 0.154. The third-order valence-electron chi connectivity index (χ3n) is 4.66. The Balaban J connectivity index is 1.82. The van der Waals surface area contributed by atoms with Crippen molar-refractivity contribution in [3.63, 3.8) is 0 Å². The van der Waals surface area contributed by atoms with E-state index in [9.17, 15) is 14.3 Å². The van der Waals surface area contributed by atoms with Crippen LogP contribution in [0.5, 0.6) is 0 Å². The maximum absolute atomic E-state index is 13.3. The number of nitrogens with two attached hydrogens (primary N) is 1. The van der Waals surface area contributed by atoms with Crippen molar-refractivity contribution >= 4 is 12.0 Å². The molecule has 1 saturated heterocycles. The minimum atomic E-state index is -0.941. The zero-order chi connectivity index (χ0) is 19.0. The highest BCUT2D eigenvalue weighted by Crippen LogP contribution is 2.35. The van der Waals surface area contributed by atoms with Crippen LogP contribution < -0.4 is 5.73 Å². The van der Waals surface area contributed by atoms with Gasteiger partial charge in [0.05, 0.1) is 29.5 Å². The van der Waals surface area contributed by atoms with Crippen LogP contribution >= 0.6 is 0 Å². The van der Waals surface area contributed by atoms with Gasteiger partial charge >= 0.3 is 6.09 Å². The van der Waals surface area contributed by atoms with E-state index in [-0.39, 0.29) is 17.8 Å². The molecule has 2 aromatic heterocycles. The van der Waals surface area contributed by atoms with Crippen LogP contribution in [0.25, 0.3) is 22.6 Å². The predicted octanol–water partition coefficient (Wildman–Crippen LogP) is 2.65. The first kappa shape index (κ1) is 17.0. The molecule has 138 valence electrons. The summed E-state index contributed by atoms with van der Waals surface area (Å²) in [5.41, 5.74) is 8.39. The fraction of sp³-hybridized carbons (Fsp3) is 0.222. The first-order valence-corrected chi connectivity index (χ1v) is 8.42. The number of aromatic nitrogens is 4. The zero-order valence-electron chi connectivity index (χ0n) is 14.3. The molecule has 3 aromatic rings. The van der Waals surface area contributed by atoms with Crippen molar-refractivity contribution in [3.8, 4) is 22.6 Å². The third-order valence-corrected chi connectivity index (χ3v) is 4.66. The molecule has 0 radical (unpaired) electrons. The monoisotopic (exact) mass is 368 g/mol. The third kappa shape index (κ3) is 3.19. The van der Waals surface area contributed by atoms with Crippen molar-refractivity contribution in [3.05, 3.63) is 48.7 Å². The van der Waals surface area contributed by atoms with Gasteiger partial charge in [0, 0.05) is 24.8 Å². The number of imidazole rings is 1. The van der Waals surface area contributed by atoms with Crippen LogP contribution in [0.2, 0.25) is 0 Å². The quantitative estimate of drug-likeness (QED) is 0.735. The van der Waals surface area contributed by atoms with E-state index >= 15 is 0 Å². The van der Waals surface area contributed by atoms with Crippen molar-refractivity contribution in [1.82, 2.24) is 24.4 Å². The predicted molar refractivity (Wildman–Crippen MR) is 96.3 cm³/mol. The number of nitrogens with zero attached hydrogens (tertiary/aromatic N) is 5. The number of hydrogen-bond donors (Lipinski definition) is 2. The molecule has 4 rings (SSSR count). The van der Waals surface area contributed by atoms with Gasteiger partial charge in [-0.3, -0.25) is 0 Å². The lowest BCUT2D eigenvalue weighted by atomic mass is 10.1. The largest absolute Gasteiger partial charge is 0.465 e. The molecule has 1 aromatic carbocycles. The molecule has 0 spiro atoms. The average molecular weight is 368 g/mol. The molecule has 27 heavy (non-hydrogen) atoms. The van der Waals surface area contributed by atoms with Crippen LogP contribution in [-0.2, 0) is 0 Å². The summed E-state index contributed by atoms with van der Waals surface area (Å²) >= 11 is 0. The second kappa shape index (κ2) is 6.67. The molecule has 1 aliphatic heterocycles. The smallest absolute Gasteiger partial charge is 0.407 e. The van der Waals surface area contributed by atoms with Gasteiger partial charge in [-0.15, -0.1) is 0 Å². The second-order valence-electron chi connectivity index (χ2n) is 6.33. The molecular formula is C18H17FN6O2. The summed E-state index contributed by atoms with van der Waals surface area (Å²) < 4.78 is 15.2. The van der Waals surface area contributed by atoms with Crippen molar-refractivity contribution < 1.29 is 14.3 Å². The molecule has 3 N–H and O–H groups in total.